The normalized spacial score (nSPS) is 17.4. The zero-order chi connectivity index (χ0) is 15.5. The fraction of sp³-hybridized carbons (Fsp3) is 0.562. The maximum absolute atomic E-state index is 12.0. The summed E-state index contributed by atoms with van der Waals surface area (Å²) in [4.78, 5) is 15.4. The molecule has 2 amide bonds. The number of aryl methyl sites for hydroxylation is 1. The van der Waals surface area contributed by atoms with E-state index in [9.17, 15) is 9.90 Å². The van der Waals surface area contributed by atoms with E-state index >= 15 is 0 Å². The first-order chi connectivity index (χ1) is 9.96. The van der Waals surface area contributed by atoms with Gasteiger partial charge in [-0.1, -0.05) is 12.1 Å². The van der Waals surface area contributed by atoms with Crippen LogP contribution in [-0.2, 0) is 0 Å². The fourth-order valence-electron chi connectivity index (χ4n) is 2.76. The number of carbonyl (C=O) groups is 1. The molecule has 0 radical (unpaired) electrons. The second kappa shape index (κ2) is 6.35. The lowest BCUT2D eigenvalue weighted by Crippen LogP contribution is -2.54. The van der Waals surface area contributed by atoms with E-state index in [1.165, 1.54) is 5.56 Å². The molecular weight excluding hydrogens is 266 g/mol. The summed E-state index contributed by atoms with van der Waals surface area (Å²) in [6.45, 7) is 3.45. The molecule has 1 fully saturated rings. The number of carbonyl (C=O) groups excluding carboxylic acids is 1. The molecule has 2 rings (SSSR count). The molecule has 1 aromatic rings. The molecule has 0 atom stereocenters. The van der Waals surface area contributed by atoms with Crippen LogP contribution < -0.4 is 5.32 Å². The van der Waals surface area contributed by atoms with Crippen molar-refractivity contribution in [3.8, 4) is 0 Å². The van der Waals surface area contributed by atoms with Crippen LogP contribution in [0.1, 0.15) is 18.4 Å². The maximum Gasteiger partial charge on any atom is 0.319 e. The van der Waals surface area contributed by atoms with Gasteiger partial charge in [0.1, 0.15) is 0 Å². The third kappa shape index (κ3) is 3.67. The third-order valence-corrected chi connectivity index (χ3v) is 4.10. The Morgan fingerprint density at radius 3 is 2.57 bits per heavy atom. The van der Waals surface area contributed by atoms with Gasteiger partial charge in [0, 0.05) is 32.9 Å². The smallest absolute Gasteiger partial charge is 0.319 e. The zero-order valence-corrected chi connectivity index (χ0v) is 13.1. The van der Waals surface area contributed by atoms with Crippen molar-refractivity contribution < 1.29 is 9.90 Å². The number of hydrogen-bond donors (Lipinski definition) is 2. The molecule has 1 aliphatic rings. The average Bonchev–Trinajstić information content (AvgIpc) is 2.47. The molecule has 5 heteroatoms. The number of rotatable bonds is 3. The highest BCUT2D eigenvalue weighted by atomic mass is 16.3. The summed E-state index contributed by atoms with van der Waals surface area (Å²) in [7, 11) is 3.53. The van der Waals surface area contributed by atoms with Gasteiger partial charge in [-0.15, -0.1) is 0 Å². The number of benzene rings is 1. The lowest BCUT2D eigenvalue weighted by molar-refractivity contribution is 0.115. The van der Waals surface area contributed by atoms with E-state index in [2.05, 4.69) is 24.4 Å². The van der Waals surface area contributed by atoms with E-state index < -0.39 is 0 Å². The Bertz CT molecular complexity index is 494. The van der Waals surface area contributed by atoms with Gasteiger partial charge in [0.2, 0.25) is 0 Å². The van der Waals surface area contributed by atoms with Gasteiger partial charge in [0.05, 0.1) is 12.1 Å². The minimum Gasteiger partial charge on any atom is -0.394 e. The van der Waals surface area contributed by atoms with E-state index in [0.717, 1.165) is 18.5 Å². The average molecular weight is 291 g/mol. The lowest BCUT2D eigenvalue weighted by Gasteiger charge is -2.42. The fourth-order valence-corrected chi connectivity index (χ4v) is 2.76. The Labute approximate surface area is 126 Å². The van der Waals surface area contributed by atoms with Crippen LogP contribution in [0.2, 0.25) is 0 Å². The number of anilines is 1. The summed E-state index contributed by atoms with van der Waals surface area (Å²) in [5, 5.41) is 13.3. The van der Waals surface area contributed by atoms with Crippen molar-refractivity contribution in [1.82, 2.24) is 9.80 Å². The van der Waals surface area contributed by atoms with Crippen LogP contribution in [0.25, 0.3) is 0 Å². The molecule has 0 bridgehead atoms. The van der Waals surface area contributed by atoms with E-state index in [1.54, 1.807) is 19.0 Å². The standard InChI is InChI=1S/C16H25N3O2/c1-13-5-4-6-14(11-13)17-16(12-20)7-9-19(10-8-16)15(21)18(2)3/h4-6,11,17,20H,7-10,12H2,1-3H3. The molecule has 2 N–H and O–H groups in total. The van der Waals surface area contributed by atoms with Crippen LogP contribution in [0.15, 0.2) is 24.3 Å². The van der Waals surface area contributed by atoms with Crippen LogP contribution in [0, 0.1) is 6.92 Å². The number of nitrogens with one attached hydrogen (secondary N) is 1. The zero-order valence-electron chi connectivity index (χ0n) is 13.1. The highest BCUT2D eigenvalue weighted by Crippen LogP contribution is 2.27. The number of hydrogen-bond acceptors (Lipinski definition) is 3. The number of likely N-dealkylation sites (tertiary alicyclic amines) is 1. The number of nitrogens with zero attached hydrogens (tertiary/aromatic N) is 2. The van der Waals surface area contributed by atoms with Crippen molar-refractivity contribution in [2.75, 3.05) is 39.1 Å². The predicted molar refractivity (Wildman–Crippen MR) is 84.5 cm³/mol. The third-order valence-electron chi connectivity index (χ3n) is 4.10. The van der Waals surface area contributed by atoms with Crippen LogP contribution in [0.4, 0.5) is 10.5 Å². The van der Waals surface area contributed by atoms with Gasteiger partial charge in [-0.2, -0.15) is 0 Å². The molecular formula is C16H25N3O2. The predicted octanol–water partition coefficient (Wildman–Crippen LogP) is 1.92. The molecule has 1 aromatic carbocycles. The molecule has 0 unspecified atom stereocenters. The summed E-state index contributed by atoms with van der Waals surface area (Å²) < 4.78 is 0. The van der Waals surface area contributed by atoms with Gasteiger partial charge in [-0.3, -0.25) is 0 Å². The second-order valence-electron chi connectivity index (χ2n) is 6.10. The highest BCUT2D eigenvalue weighted by molar-refractivity contribution is 5.74. The maximum atomic E-state index is 12.0. The van der Waals surface area contributed by atoms with Crippen molar-refractivity contribution in [2.24, 2.45) is 0 Å². The Morgan fingerprint density at radius 1 is 1.38 bits per heavy atom. The number of urea groups is 1. The van der Waals surface area contributed by atoms with Crippen LogP contribution in [0.3, 0.4) is 0 Å². The monoisotopic (exact) mass is 291 g/mol. The Hall–Kier alpha value is -1.75. The van der Waals surface area contributed by atoms with Crippen molar-refractivity contribution in [2.45, 2.75) is 25.3 Å². The number of aliphatic hydroxyl groups excluding tert-OH is 1. The van der Waals surface area contributed by atoms with Crippen LogP contribution >= 0.6 is 0 Å². The summed E-state index contributed by atoms with van der Waals surface area (Å²) in [6, 6.07) is 8.19. The Balaban J connectivity index is 2.03. The van der Waals surface area contributed by atoms with Crippen LogP contribution in [0.5, 0.6) is 0 Å². The molecule has 0 aromatic heterocycles. The van der Waals surface area contributed by atoms with Crippen LogP contribution in [-0.4, -0.2) is 60.3 Å². The van der Waals surface area contributed by atoms with Gasteiger partial charge in [-0.25, -0.2) is 4.79 Å². The molecule has 0 aliphatic carbocycles. The molecule has 1 aliphatic heterocycles. The highest BCUT2D eigenvalue weighted by Gasteiger charge is 2.35. The first-order valence-electron chi connectivity index (χ1n) is 7.38. The van der Waals surface area contributed by atoms with E-state index in [4.69, 9.17) is 0 Å². The largest absolute Gasteiger partial charge is 0.394 e. The summed E-state index contributed by atoms with van der Waals surface area (Å²) in [6.07, 6.45) is 1.49. The Morgan fingerprint density at radius 2 is 2.05 bits per heavy atom. The first-order valence-corrected chi connectivity index (χ1v) is 7.38. The van der Waals surface area contributed by atoms with Gasteiger partial charge < -0.3 is 20.2 Å². The summed E-state index contributed by atoms with van der Waals surface area (Å²) in [5.41, 5.74) is 1.88. The first kappa shape index (κ1) is 15.6. The summed E-state index contributed by atoms with van der Waals surface area (Å²) in [5.74, 6) is 0. The van der Waals surface area contributed by atoms with Crippen molar-refractivity contribution in [1.29, 1.82) is 0 Å². The lowest BCUT2D eigenvalue weighted by atomic mass is 9.88. The molecule has 116 valence electrons. The minimum atomic E-state index is -0.336. The van der Waals surface area contributed by atoms with Gasteiger partial charge in [0.25, 0.3) is 0 Å². The van der Waals surface area contributed by atoms with Crippen molar-refractivity contribution >= 4 is 11.7 Å². The molecule has 0 spiro atoms. The summed E-state index contributed by atoms with van der Waals surface area (Å²) >= 11 is 0. The molecule has 5 nitrogen and oxygen atoms in total. The van der Waals surface area contributed by atoms with Crippen molar-refractivity contribution in [3.63, 3.8) is 0 Å². The second-order valence-corrected chi connectivity index (χ2v) is 6.10. The van der Waals surface area contributed by atoms with Crippen molar-refractivity contribution in [3.05, 3.63) is 29.8 Å². The topological polar surface area (TPSA) is 55.8 Å². The molecule has 1 heterocycles. The molecule has 0 saturated carbocycles. The van der Waals surface area contributed by atoms with Gasteiger partial charge in [0.15, 0.2) is 0 Å². The van der Waals surface area contributed by atoms with E-state index in [0.29, 0.717) is 13.1 Å². The number of aliphatic hydroxyl groups is 1. The Kier molecular flexibility index (Phi) is 4.73. The van der Waals surface area contributed by atoms with Gasteiger partial charge in [-0.05, 0) is 37.5 Å². The minimum absolute atomic E-state index is 0.0390. The molecule has 21 heavy (non-hydrogen) atoms. The number of piperidine rings is 1. The molecule has 1 saturated heterocycles. The quantitative estimate of drug-likeness (QED) is 0.894. The number of amides is 2. The van der Waals surface area contributed by atoms with E-state index in [-0.39, 0.29) is 18.2 Å². The SMILES string of the molecule is Cc1cccc(NC2(CO)CCN(C(=O)N(C)C)CC2)c1. The van der Waals surface area contributed by atoms with Gasteiger partial charge >= 0.3 is 6.03 Å². The van der Waals surface area contributed by atoms with E-state index in [1.807, 2.05) is 17.0 Å².